The topological polar surface area (TPSA) is 96.5 Å². The summed E-state index contributed by atoms with van der Waals surface area (Å²) in [5.74, 6) is 1.14. The molecule has 0 aliphatic carbocycles. The molecule has 2 bridgehead atoms. The van der Waals surface area contributed by atoms with Crippen LogP contribution in [0.2, 0.25) is 0 Å². The van der Waals surface area contributed by atoms with Crippen molar-refractivity contribution < 1.29 is 13.2 Å². The summed E-state index contributed by atoms with van der Waals surface area (Å²) in [6.45, 7) is 2.67. The molecule has 1 fully saturated rings. The Morgan fingerprint density at radius 3 is 2.76 bits per heavy atom. The van der Waals surface area contributed by atoms with Crippen LogP contribution in [-0.2, 0) is 14.8 Å². The first-order valence-corrected chi connectivity index (χ1v) is 9.44. The zero-order valence-corrected chi connectivity index (χ0v) is 14.7. The van der Waals surface area contributed by atoms with Gasteiger partial charge >= 0.3 is 0 Å². The fraction of sp³-hybridized carbons (Fsp3) is 0.375. The van der Waals surface area contributed by atoms with Gasteiger partial charge in [0.2, 0.25) is 10.0 Å². The van der Waals surface area contributed by atoms with E-state index < -0.39 is 16.3 Å². The van der Waals surface area contributed by atoms with Gasteiger partial charge in [-0.1, -0.05) is 17.7 Å². The van der Waals surface area contributed by atoms with E-state index in [9.17, 15) is 8.42 Å². The van der Waals surface area contributed by atoms with Gasteiger partial charge in [-0.05, 0) is 19.1 Å². The van der Waals surface area contributed by atoms with Crippen LogP contribution in [0, 0.1) is 6.92 Å². The molecule has 132 valence electrons. The summed E-state index contributed by atoms with van der Waals surface area (Å²) in [5.41, 5.74) is 1.62. The minimum Gasteiger partial charge on any atom is -0.373 e. The fourth-order valence-corrected chi connectivity index (χ4v) is 4.91. The summed E-state index contributed by atoms with van der Waals surface area (Å²) >= 11 is 0. The van der Waals surface area contributed by atoms with Gasteiger partial charge in [-0.3, -0.25) is 0 Å². The molecular weight excluding hydrogens is 342 g/mol. The lowest BCUT2D eigenvalue weighted by Crippen LogP contribution is -2.40. The molecular formula is C16H19N5O3S. The molecule has 9 heteroatoms. The van der Waals surface area contributed by atoms with Crippen molar-refractivity contribution in [1.29, 1.82) is 0 Å². The fourth-order valence-electron chi connectivity index (χ4n) is 3.24. The quantitative estimate of drug-likeness (QED) is 0.851. The maximum atomic E-state index is 13.3. The van der Waals surface area contributed by atoms with Crippen molar-refractivity contribution in [1.82, 2.24) is 14.3 Å². The van der Waals surface area contributed by atoms with Gasteiger partial charge in [0.05, 0.1) is 23.1 Å². The SMILES string of the molecule is CNc1ncnc2c1[C@@H]1OC[C@H](CN2)N1S(=O)(=O)c1ccc(C)cc1. The molecule has 0 radical (unpaired) electrons. The number of nitrogens with one attached hydrogen (secondary N) is 2. The Kier molecular flexibility index (Phi) is 3.86. The number of aromatic nitrogens is 2. The Morgan fingerprint density at radius 1 is 1.28 bits per heavy atom. The number of nitrogens with zero attached hydrogens (tertiary/aromatic N) is 3. The van der Waals surface area contributed by atoms with Gasteiger partial charge in [0.15, 0.2) is 6.23 Å². The second kappa shape index (κ2) is 5.94. The monoisotopic (exact) mass is 361 g/mol. The lowest BCUT2D eigenvalue weighted by Gasteiger charge is -2.25. The van der Waals surface area contributed by atoms with Crippen LogP contribution in [0.1, 0.15) is 17.4 Å². The zero-order valence-electron chi connectivity index (χ0n) is 13.9. The van der Waals surface area contributed by atoms with Crippen LogP contribution >= 0.6 is 0 Å². The molecule has 0 unspecified atom stereocenters. The van der Waals surface area contributed by atoms with Gasteiger partial charge in [-0.25, -0.2) is 18.4 Å². The second-order valence-electron chi connectivity index (χ2n) is 6.10. The maximum absolute atomic E-state index is 13.3. The van der Waals surface area contributed by atoms with E-state index in [1.165, 1.54) is 10.6 Å². The maximum Gasteiger partial charge on any atom is 0.245 e. The molecule has 25 heavy (non-hydrogen) atoms. The molecule has 2 aliphatic rings. The summed E-state index contributed by atoms with van der Waals surface area (Å²) in [6.07, 6.45) is 0.681. The van der Waals surface area contributed by atoms with Gasteiger partial charge in [0.1, 0.15) is 18.0 Å². The number of anilines is 2. The Balaban J connectivity index is 1.84. The molecule has 4 rings (SSSR count). The van der Waals surface area contributed by atoms with Gasteiger partial charge in [-0.15, -0.1) is 0 Å². The summed E-state index contributed by atoms with van der Waals surface area (Å²) in [6, 6.07) is 6.53. The predicted molar refractivity (Wildman–Crippen MR) is 92.8 cm³/mol. The van der Waals surface area contributed by atoms with E-state index in [1.807, 2.05) is 6.92 Å². The number of benzene rings is 1. The first-order chi connectivity index (χ1) is 12.0. The third-order valence-corrected chi connectivity index (χ3v) is 6.42. The van der Waals surface area contributed by atoms with Crippen molar-refractivity contribution in [2.75, 3.05) is 30.8 Å². The molecule has 0 spiro atoms. The molecule has 3 heterocycles. The predicted octanol–water partition coefficient (Wildman–Crippen LogP) is 1.34. The minimum absolute atomic E-state index is 0.255. The van der Waals surface area contributed by atoms with Gasteiger partial charge < -0.3 is 15.4 Å². The Morgan fingerprint density at radius 2 is 2.04 bits per heavy atom. The normalized spacial score (nSPS) is 22.8. The van der Waals surface area contributed by atoms with Crippen LogP contribution in [0.3, 0.4) is 0 Å². The number of hydrogen-bond acceptors (Lipinski definition) is 7. The number of aryl methyl sites for hydroxylation is 1. The molecule has 2 aliphatic heterocycles. The van der Waals surface area contributed by atoms with Crippen molar-refractivity contribution in [3.05, 3.63) is 41.7 Å². The van der Waals surface area contributed by atoms with Crippen LogP contribution in [0.5, 0.6) is 0 Å². The van der Waals surface area contributed by atoms with Gasteiger partial charge in [0.25, 0.3) is 0 Å². The van der Waals surface area contributed by atoms with Crippen molar-refractivity contribution in [3.8, 4) is 0 Å². The van der Waals surface area contributed by atoms with Crippen molar-refractivity contribution in [2.24, 2.45) is 0 Å². The number of ether oxygens (including phenoxy) is 1. The lowest BCUT2D eigenvalue weighted by molar-refractivity contribution is 0.0690. The smallest absolute Gasteiger partial charge is 0.245 e. The van der Waals surface area contributed by atoms with Crippen molar-refractivity contribution >= 4 is 21.7 Å². The Bertz CT molecular complexity index is 900. The summed E-state index contributed by atoms with van der Waals surface area (Å²) in [5, 5.41) is 6.21. The van der Waals surface area contributed by atoms with Crippen LogP contribution in [0.4, 0.5) is 11.6 Å². The molecule has 0 amide bonds. The highest BCUT2D eigenvalue weighted by Crippen LogP contribution is 2.42. The first kappa shape index (κ1) is 16.2. The highest BCUT2D eigenvalue weighted by Gasteiger charge is 2.48. The van der Waals surface area contributed by atoms with E-state index in [-0.39, 0.29) is 10.9 Å². The molecule has 2 aromatic rings. The minimum atomic E-state index is -3.72. The first-order valence-electron chi connectivity index (χ1n) is 8.00. The Hall–Kier alpha value is -2.23. The van der Waals surface area contributed by atoms with Gasteiger partial charge in [-0.2, -0.15) is 4.31 Å². The number of hydrogen-bond donors (Lipinski definition) is 2. The van der Waals surface area contributed by atoms with Crippen LogP contribution < -0.4 is 10.6 Å². The van der Waals surface area contributed by atoms with Crippen molar-refractivity contribution in [3.63, 3.8) is 0 Å². The van der Waals surface area contributed by atoms with E-state index in [1.54, 1.807) is 31.3 Å². The molecule has 2 atom stereocenters. The molecule has 8 nitrogen and oxygen atoms in total. The average molecular weight is 361 g/mol. The standard InChI is InChI=1S/C16H19N5O3S/c1-10-3-5-12(6-4-10)25(22,23)21-11-7-18-15-13(16(21)24-8-11)14(17-2)19-9-20-15/h3-6,9,11,16H,7-8H2,1-2H3,(H2,17,18,19,20)/t11-,16-/m0/s1. The van der Waals surface area contributed by atoms with Crippen LogP contribution in [0.15, 0.2) is 35.5 Å². The van der Waals surface area contributed by atoms with E-state index in [4.69, 9.17) is 4.74 Å². The van der Waals surface area contributed by atoms with E-state index >= 15 is 0 Å². The zero-order chi connectivity index (χ0) is 17.6. The molecule has 1 saturated heterocycles. The second-order valence-corrected chi connectivity index (χ2v) is 7.95. The van der Waals surface area contributed by atoms with Crippen molar-refractivity contribution in [2.45, 2.75) is 24.1 Å². The molecule has 1 aromatic carbocycles. The summed E-state index contributed by atoms with van der Waals surface area (Å²) in [4.78, 5) is 8.70. The third-order valence-electron chi connectivity index (χ3n) is 4.51. The average Bonchev–Trinajstić information content (AvgIpc) is 2.95. The highest BCUT2D eigenvalue weighted by molar-refractivity contribution is 7.89. The van der Waals surface area contributed by atoms with E-state index in [0.717, 1.165) is 5.56 Å². The highest BCUT2D eigenvalue weighted by atomic mass is 32.2. The molecule has 0 saturated carbocycles. The van der Waals surface area contributed by atoms with Gasteiger partial charge in [0, 0.05) is 13.6 Å². The van der Waals surface area contributed by atoms with Crippen LogP contribution in [0.25, 0.3) is 0 Å². The third kappa shape index (κ3) is 2.55. The largest absolute Gasteiger partial charge is 0.373 e. The van der Waals surface area contributed by atoms with Crippen LogP contribution in [-0.4, -0.2) is 48.9 Å². The Labute approximate surface area is 146 Å². The van der Waals surface area contributed by atoms with E-state index in [0.29, 0.717) is 30.4 Å². The number of rotatable bonds is 3. The molecule has 2 N–H and O–H groups in total. The number of fused-ring (bicyclic) bond motifs is 4. The summed E-state index contributed by atoms with van der Waals surface area (Å²) < 4.78 is 33.8. The number of sulfonamides is 1. The van der Waals surface area contributed by atoms with E-state index in [2.05, 4.69) is 20.6 Å². The lowest BCUT2D eigenvalue weighted by atomic mass is 10.2. The molecule has 1 aromatic heterocycles. The summed E-state index contributed by atoms with van der Waals surface area (Å²) in [7, 11) is -1.99.